The van der Waals surface area contributed by atoms with Crippen molar-refractivity contribution in [2.24, 2.45) is 0 Å². The quantitative estimate of drug-likeness (QED) is 0.702. The van der Waals surface area contributed by atoms with Gasteiger partial charge in [-0.05, 0) is 24.3 Å². The van der Waals surface area contributed by atoms with Crippen LogP contribution in [-0.4, -0.2) is 18.2 Å². The van der Waals surface area contributed by atoms with E-state index in [2.05, 4.69) is 4.98 Å². The molecule has 0 aliphatic carbocycles. The molecule has 0 amide bonds. The second-order valence-corrected chi connectivity index (χ2v) is 5.47. The van der Waals surface area contributed by atoms with Gasteiger partial charge >= 0.3 is 0 Å². The van der Waals surface area contributed by atoms with Crippen LogP contribution in [0.25, 0.3) is 11.3 Å². The van der Waals surface area contributed by atoms with Gasteiger partial charge < -0.3 is 15.2 Å². The van der Waals surface area contributed by atoms with Crippen molar-refractivity contribution in [1.82, 2.24) is 4.98 Å². The molecule has 3 aromatic rings. The molecule has 0 unspecified atom stereocenters. The standard InChI is InChI=1S/C17H16N2O2S/c18-17-19-15(12-22-17)14-8-4-5-9-16(14)21-11-10-20-13-6-2-1-3-7-13/h1-9,12H,10-11H2,(H2,18,19). The Morgan fingerprint density at radius 2 is 1.64 bits per heavy atom. The van der Waals surface area contributed by atoms with Gasteiger partial charge in [0.1, 0.15) is 24.7 Å². The van der Waals surface area contributed by atoms with Crippen molar-refractivity contribution >= 4 is 16.5 Å². The zero-order valence-electron chi connectivity index (χ0n) is 11.9. The van der Waals surface area contributed by atoms with Gasteiger partial charge in [-0.25, -0.2) is 4.98 Å². The number of anilines is 1. The van der Waals surface area contributed by atoms with E-state index in [0.717, 1.165) is 22.8 Å². The Bertz CT molecular complexity index is 728. The minimum atomic E-state index is 0.464. The molecule has 22 heavy (non-hydrogen) atoms. The summed E-state index contributed by atoms with van der Waals surface area (Å²) in [5.74, 6) is 1.62. The van der Waals surface area contributed by atoms with Crippen LogP contribution < -0.4 is 15.2 Å². The topological polar surface area (TPSA) is 57.4 Å². The summed E-state index contributed by atoms with van der Waals surface area (Å²) < 4.78 is 11.4. The maximum atomic E-state index is 5.82. The molecule has 2 N–H and O–H groups in total. The van der Waals surface area contributed by atoms with Crippen LogP contribution >= 0.6 is 11.3 Å². The molecule has 0 radical (unpaired) electrons. The van der Waals surface area contributed by atoms with Crippen molar-refractivity contribution in [2.75, 3.05) is 18.9 Å². The van der Waals surface area contributed by atoms with Gasteiger partial charge in [-0.2, -0.15) is 0 Å². The van der Waals surface area contributed by atoms with Crippen LogP contribution in [0.15, 0.2) is 60.0 Å². The molecule has 3 rings (SSSR count). The molecule has 0 aliphatic heterocycles. The Balaban J connectivity index is 1.61. The molecule has 1 heterocycles. The van der Waals surface area contributed by atoms with E-state index >= 15 is 0 Å². The fraction of sp³-hybridized carbons (Fsp3) is 0.118. The highest BCUT2D eigenvalue weighted by atomic mass is 32.1. The maximum Gasteiger partial charge on any atom is 0.180 e. The molecule has 2 aromatic carbocycles. The summed E-state index contributed by atoms with van der Waals surface area (Å²) in [6.07, 6.45) is 0. The second kappa shape index (κ2) is 6.95. The van der Waals surface area contributed by atoms with Crippen molar-refractivity contribution in [1.29, 1.82) is 0 Å². The third kappa shape index (κ3) is 3.56. The van der Waals surface area contributed by atoms with Gasteiger partial charge in [-0.3, -0.25) is 0 Å². The van der Waals surface area contributed by atoms with Crippen LogP contribution in [0.1, 0.15) is 0 Å². The Morgan fingerprint density at radius 3 is 2.41 bits per heavy atom. The molecule has 0 saturated heterocycles. The summed E-state index contributed by atoms with van der Waals surface area (Å²) in [6, 6.07) is 17.5. The van der Waals surface area contributed by atoms with Gasteiger partial charge in [0, 0.05) is 10.9 Å². The zero-order valence-corrected chi connectivity index (χ0v) is 12.8. The minimum Gasteiger partial charge on any atom is -0.490 e. The summed E-state index contributed by atoms with van der Waals surface area (Å²) in [7, 11) is 0. The first-order chi connectivity index (χ1) is 10.8. The first-order valence-corrected chi connectivity index (χ1v) is 7.82. The van der Waals surface area contributed by atoms with Crippen molar-refractivity contribution in [3.05, 3.63) is 60.0 Å². The highest BCUT2D eigenvalue weighted by Crippen LogP contribution is 2.31. The molecule has 0 atom stereocenters. The number of nitrogen functional groups attached to an aromatic ring is 1. The maximum absolute atomic E-state index is 5.82. The van der Waals surface area contributed by atoms with E-state index in [1.807, 2.05) is 60.0 Å². The smallest absolute Gasteiger partial charge is 0.180 e. The van der Waals surface area contributed by atoms with Crippen molar-refractivity contribution < 1.29 is 9.47 Å². The average Bonchev–Trinajstić information content (AvgIpc) is 2.99. The van der Waals surface area contributed by atoms with E-state index in [1.54, 1.807) is 0 Å². The predicted octanol–water partition coefficient (Wildman–Crippen LogP) is 3.85. The lowest BCUT2D eigenvalue weighted by atomic mass is 10.1. The fourth-order valence-corrected chi connectivity index (χ4v) is 2.61. The van der Waals surface area contributed by atoms with E-state index in [9.17, 15) is 0 Å². The van der Waals surface area contributed by atoms with Crippen molar-refractivity contribution in [3.63, 3.8) is 0 Å². The summed E-state index contributed by atoms with van der Waals surface area (Å²) in [6.45, 7) is 0.947. The van der Waals surface area contributed by atoms with Gasteiger partial charge in [-0.15, -0.1) is 11.3 Å². The van der Waals surface area contributed by atoms with Crippen LogP contribution in [0.5, 0.6) is 11.5 Å². The van der Waals surface area contributed by atoms with Crippen LogP contribution in [0.2, 0.25) is 0 Å². The predicted molar refractivity (Wildman–Crippen MR) is 89.4 cm³/mol. The van der Waals surface area contributed by atoms with Gasteiger partial charge in [0.05, 0.1) is 5.69 Å². The number of aromatic nitrogens is 1. The number of nitrogens with two attached hydrogens (primary N) is 1. The van der Waals surface area contributed by atoms with Crippen molar-refractivity contribution in [3.8, 4) is 22.8 Å². The Labute approximate surface area is 133 Å². The molecule has 4 nitrogen and oxygen atoms in total. The molecule has 0 aliphatic rings. The number of rotatable bonds is 6. The van der Waals surface area contributed by atoms with E-state index in [4.69, 9.17) is 15.2 Å². The molecular formula is C17H16N2O2S. The summed E-state index contributed by atoms with van der Waals surface area (Å²) in [4.78, 5) is 4.30. The molecule has 0 fully saturated rings. The lowest BCUT2D eigenvalue weighted by molar-refractivity contribution is 0.217. The minimum absolute atomic E-state index is 0.464. The molecule has 5 heteroatoms. The number of benzene rings is 2. The van der Waals surface area contributed by atoms with E-state index in [0.29, 0.717) is 18.3 Å². The van der Waals surface area contributed by atoms with Crippen LogP contribution in [-0.2, 0) is 0 Å². The van der Waals surface area contributed by atoms with Gasteiger partial charge in [0.2, 0.25) is 0 Å². The second-order valence-electron chi connectivity index (χ2n) is 4.58. The number of para-hydroxylation sites is 2. The van der Waals surface area contributed by atoms with Gasteiger partial charge in [-0.1, -0.05) is 30.3 Å². The Hall–Kier alpha value is -2.53. The van der Waals surface area contributed by atoms with Crippen LogP contribution in [0.3, 0.4) is 0 Å². The van der Waals surface area contributed by atoms with Crippen LogP contribution in [0.4, 0.5) is 5.13 Å². The van der Waals surface area contributed by atoms with E-state index < -0.39 is 0 Å². The van der Waals surface area contributed by atoms with Gasteiger partial charge in [0.25, 0.3) is 0 Å². The number of nitrogens with zero attached hydrogens (tertiary/aromatic N) is 1. The number of thiazole rings is 1. The number of hydrogen-bond donors (Lipinski definition) is 1. The summed E-state index contributed by atoms with van der Waals surface area (Å²) in [5.41, 5.74) is 7.47. The highest BCUT2D eigenvalue weighted by Gasteiger charge is 2.09. The monoisotopic (exact) mass is 312 g/mol. The first-order valence-electron chi connectivity index (χ1n) is 6.94. The van der Waals surface area contributed by atoms with E-state index in [1.165, 1.54) is 11.3 Å². The molecule has 0 saturated carbocycles. The Kier molecular flexibility index (Phi) is 4.56. The lowest BCUT2D eigenvalue weighted by Gasteiger charge is -2.11. The van der Waals surface area contributed by atoms with E-state index in [-0.39, 0.29) is 0 Å². The van der Waals surface area contributed by atoms with Gasteiger partial charge in [0.15, 0.2) is 5.13 Å². The third-order valence-electron chi connectivity index (χ3n) is 3.04. The normalized spacial score (nSPS) is 10.4. The molecule has 1 aromatic heterocycles. The zero-order chi connectivity index (χ0) is 15.2. The fourth-order valence-electron chi connectivity index (χ4n) is 2.04. The SMILES string of the molecule is Nc1nc(-c2ccccc2OCCOc2ccccc2)cs1. The number of hydrogen-bond acceptors (Lipinski definition) is 5. The molecule has 112 valence electrons. The highest BCUT2D eigenvalue weighted by molar-refractivity contribution is 7.13. The number of ether oxygens (including phenoxy) is 2. The molecular weight excluding hydrogens is 296 g/mol. The third-order valence-corrected chi connectivity index (χ3v) is 3.71. The first kappa shape index (κ1) is 14.4. The largest absolute Gasteiger partial charge is 0.490 e. The average molecular weight is 312 g/mol. The van der Waals surface area contributed by atoms with Crippen molar-refractivity contribution in [2.45, 2.75) is 0 Å². The molecule has 0 bridgehead atoms. The lowest BCUT2D eigenvalue weighted by Crippen LogP contribution is -2.09. The van der Waals surface area contributed by atoms with Crippen LogP contribution in [0, 0.1) is 0 Å². The summed E-state index contributed by atoms with van der Waals surface area (Å²) in [5, 5.41) is 2.48. The summed E-state index contributed by atoms with van der Waals surface area (Å²) >= 11 is 1.42. The Morgan fingerprint density at radius 1 is 0.909 bits per heavy atom. The molecule has 0 spiro atoms.